The van der Waals surface area contributed by atoms with Crippen molar-refractivity contribution in [2.45, 2.75) is 56.7 Å². The number of hydrogen-bond acceptors (Lipinski definition) is 5. The van der Waals surface area contributed by atoms with E-state index in [1.807, 2.05) is 54.7 Å². The van der Waals surface area contributed by atoms with Crippen LogP contribution in [-0.4, -0.2) is 46.9 Å². The summed E-state index contributed by atoms with van der Waals surface area (Å²) in [6.45, 7) is 4.90. The van der Waals surface area contributed by atoms with Gasteiger partial charge in [-0.25, -0.2) is 0 Å². The third-order valence-corrected chi connectivity index (χ3v) is 7.47. The van der Waals surface area contributed by atoms with E-state index in [9.17, 15) is 9.59 Å². The maximum absolute atomic E-state index is 14.3. The van der Waals surface area contributed by atoms with Crippen molar-refractivity contribution in [2.75, 3.05) is 13.1 Å². The van der Waals surface area contributed by atoms with Gasteiger partial charge in [-0.15, -0.1) is 12.4 Å². The average Bonchev–Trinajstić information content (AvgIpc) is 3.25. The fraction of sp³-hybridized carbons (Fsp3) is 0.429. The van der Waals surface area contributed by atoms with Crippen LogP contribution in [0.4, 0.5) is 0 Å². The Morgan fingerprint density at radius 3 is 2.58 bits per heavy atom. The first kappa shape index (κ1) is 26.2. The zero-order valence-electron chi connectivity index (χ0n) is 20.8. The molecule has 36 heavy (non-hydrogen) atoms. The van der Waals surface area contributed by atoms with Gasteiger partial charge in [0.15, 0.2) is 5.78 Å². The number of carbonyl (C=O) groups excluding carboxylic acids is 2. The molecule has 3 aromatic rings. The van der Waals surface area contributed by atoms with Gasteiger partial charge >= 0.3 is 0 Å². The van der Waals surface area contributed by atoms with Crippen LogP contribution in [-0.2, 0) is 22.4 Å². The number of carbonyl (C=O) groups is 2. The van der Waals surface area contributed by atoms with Gasteiger partial charge in [0.2, 0.25) is 5.91 Å². The van der Waals surface area contributed by atoms with E-state index in [1.54, 1.807) is 13.8 Å². The van der Waals surface area contributed by atoms with Crippen molar-refractivity contribution >= 4 is 35.0 Å². The second kappa shape index (κ2) is 10.2. The zero-order valence-corrected chi connectivity index (χ0v) is 21.6. The quantitative estimate of drug-likeness (QED) is 0.407. The number of halogens is 1. The fourth-order valence-corrected chi connectivity index (χ4v) is 5.46. The van der Waals surface area contributed by atoms with Crippen LogP contribution in [0.5, 0.6) is 5.75 Å². The Balaban J connectivity index is 0.00000304. The summed E-state index contributed by atoms with van der Waals surface area (Å²) in [4.78, 5) is 30.6. The number of ether oxygens (including phenoxy) is 1. The largest absolute Gasteiger partial charge is 0.486 e. The number of para-hydroxylation sites is 2. The summed E-state index contributed by atoms with van der Waals surface area (Å²) in [6, 6.07) is 15.2. The molecular weight excluding hydrogens is 476 g/mol. The van der Waals surface area contributed by atoms with Crippen LogP contribution in [0.1, 0.15) is 37.8 Å². The molecule has 1 saturated heterocycles. The second-order valence-electron chi connectivity index (χ2n) is 10.5. The number of hydrogen-bond donors (Lipinski definition) is 4. The highest BCUT2D eigenvalue weighted by Gasteiger charge is 2.50. The monoisotopic (exact) mass is 510 g/mol. The highest BCUT2D eigenvalue weighted by atomic mass is 35.5. The predicted molar refractivity (Wildman–Crippen MR) is 144 cm³/mol. The van der Waals surface area contributed by atoms with E-state index < -0.39 is 17.2 Å². The van der Waals surface area contributed by atoms with E-state index in [4.69, 9.17) is 10.5 Å². The van der Waals surface area contributed by atoms with Gasteiger partial charge in [0.05, 0.1) is 17.5 Å². The van der Waals surface area contributed by atoms with Crippen LogP contribution in [0.2, 0.25) is 0 Å². The number of nitrogens with one attached hydrogen (secondary N) is 3. The topological polar surface area (TPSA) is 109 Å². The van der Waals surface area contributed by atoms with Gasteiger partial charge in [-0.3, -0.25) is 9.59 Å². The molecule has 0 saturated carbocycles. The molecule has 2 aliphatic rings. The van der Waals surface area contributed by atoms with E-state index >= 15 is 0 Å². The molecule has 1 unspecified atom stereocenters. The van der Waals surface area contributed by atoms with Crippen LogP contribution in [0.25, 0.3) is 10.9 Å². The van der Waals surface area contributed by atoms with E-state index in [2.05, 4.69) is 15.6 Å². The fourth-order valence-electron chi connectivity index (χ4n) is 5.46. The molecule has 1 fully saturated rings. The smallest absolute Gasteiger partial charge is 0.240 e. The summed E-state index contributed by atoms with van der Waals surface area (Å²) in [7, 11) is 0. The van der Waals surface area contributed by atoms with Gasteiger partial charge in [0.25, 0.3) is 0 Å². The number of Topliss-reactive ketones (excluding diaryl/α,β-unsaturated/α-hetero) is 1. The minimum absolute atomic E-state index is 0. The molecule has 1 spiro atoms. The third kappa shape index (κ3) is 5.01. The number of H-pyrrole nitrogens is 1. The average molecular weight is 511 g/mol. The van der Waals surface area contributed by atoms with Crippen LogP contribution in [0, 0.1) is 5.92 Å². The minimum Gasteiger partial charge on any atom is -0.486 e. The molecule has 1 aromatic heterocycles. The van der Waals surface area contributed by atoms with Gasteiger partial charge in [0, 0.05) is 36.4 Å². The summed E-state index contributed by atoms with van der Waals surface area (Å²) in [5.74, 6) is 0.158. The molecule has 2 aromatic carbocycles. The number of amides is 1. The number of aromatic nitrogens is 1. The predicted octanol–water partition coefficient (Wildman–Crippen LogP) is 3.30. The molecule has 2 atom stereocenters. The summed E-state index contributed by atoms with van der Waals surface area (Å²) >= 11 is 0. The SMILES string of the molecule is CC(C)(N)C(=O)NC(Cc1c[nH]c2ccccc12)C(=O)[C@@H]1Cc2ccccc2OC12CCNCC2.Cl. The van der Waals surface area contributed by atoms with Crippen molar-refractivity contribution in [1.29, 1.82) is 0 Å². The van der Waals surface area contributed by atoms with Crippen molar-refractivity contribution in [3.8, 4) is 5.75 Å². The van der Waals surface area contributed by atoms with Crippen molar-refractivity contribution in [2.24, 2.45) is 11.7 Å². The molecule has 0 bridgehead atoms. The molecule has 1 amide bonds. The first-order valence-corrected chi connectivity index (χ1v) is 12.4. The molecule has 3 heterocycles. The molecule has 2 aliphatic heterocycles. The maximum Gasteiger partial charge on any atom is 0.240 e. The summed E-state index contributed by atoms with van der Waals surface area (Å²) in [5.41, 5.74) is 7.45. The molecule has 8 heteroatoms. The molecule has 0 aliphatic carbocycles. The highest BCUT2D eigenvalue weighted by Crippen LogP contribution is 2.43. The molecular formula is C28H35ClN4O3. The van der Waals surface area contributed by atoms with Crippen molar-refractivity contribution in [3.63, 3.8) is 0 Å². The molecule has 5 rings (SSSR count). The van der Waals surface area contributed by atoms with Gasteiger partial charge < -0.3 is 26.1 Å². The number of rotatable bonds is 6. The van der Waals surface area contributed by atoms with Gasteiger partial charge in [0.1, 0.15) is 11.4 Å². The maximum atomic E-state index is 14.3. The normalized spacial score (nSPS) is 19.6. The molecule has 5 N–H and O–H groups in total. The number of benzene rings is 2. The van der Waals surface area contributed by atoms with E-state index in [-0.39, 0.29) is 30.0 Å². The van der Waals surface area contributed by atoms with Crippen molar-refractivity contribution < 1.29 is 14.3 Å². The lowest BCUT2D eigenvalue weighted by molar-refractivity contribution is -0.139. The first-order chi connectivity index (χ1) is 16.8. The first-order valence-electron chi connectivity index (χ1n) is 12.4. The Hall–Kier alpha value is -2.87. The van der Waals surface area contributed by atoms with Crippen LogP contribution in [0.3, 0.4) is 0 Å². The van der Waals surface area contributed by atoms with Gasteiger partial charge in [-0.2, -0.15) is 0 Å². The molecule has 7 nitrogen and oxygen atoms in total. The van der Waals surface area contributed by atoms with E-state index in [0.29, 0.717) is 12.8 Å². The van der Waals surface area contributed by atoms with Crippen LogP contribution in [0.15, 0.2) is 54.7 Å². The molecule has 0 radical (unpaired) electrons. The Kier molecular flexibility index (Phi) is 7.46. The lowest BCUT2D eigenvalue weighted by Crippen LogP contribution is -2.61. The third-order valence-electron chi connectivity index (χ3n) is 7.47. The minimum atomic E-state index is -1.10. The number of piperidine rings is 1. The van der Waals surface area contributed by atoms with E-state index in [1.165, 1.54) is 0 Å². The zero-order chi connectivity index (χ0) is 24.6. The highest BCUT2D eigenvalue weighted by molar-refractivity contribution is 5.95. The Labute approximate surface area is 218 Å². The standard InChI is InChI=1S/C28H34N4O3.ClH/c1-27(2,29)26(34)32-23(16-19-17-31-22-9-5-4-8-20(19)22)25(33)21-15-18-7-3-6-10-24(18)35-28(21)11-13-30-14-12-28;/h3-10,17,21,23,30-31H,11-16,29H2,1-2H3,(H,32,34);1H/t21-,23?;/m0./s1. The number of ketones is 1. The number of fused-ring (bicyclic) bond motifs is 2. The van der Waals surface area contributed by atoms with Gasteiger partial charge in [-0.05, 0) is 56.6 Å². The lowest BCUT2D eigenvalue weighted by Gasteiger charge is -2.47. The Morgan fingerprint density at radius 2 is 1.83 bits per heavy atom. The lowest BCUT2D eigenvalue weighted by atomic mass is 9.70. The second-order valence-corrected chi connectivity index (χ2v) is 10.5. The van der Waals surface area contributed by atoms with E-state index in [0.717, 1.165) is 53.7 Å². The van der Waals surface area contributed by atoms with Crippen molar-refractivity contribution in [1.82, 2.24) is 15.6 Å². The Morgan fingerprint density at radius 1 is 1.14 bits per heavy atom. The van der Waals surface area contributed by atoms with Gasteiger partial charge in [-0.1, -0.05) is 36.4 Å². The van der Waals surface area contributed by atoms with Crippen molar-refractivity contribution in [3.05, 3.63) is 65.9 Å². The number of nitrogens with two attached hydrogens (primary N) is 1. The summed E-state index contributed by atoms with van der Waals surface area (Å²) in [6.07, 6.45) is 4.40. The number of aromatic amines is 1. The van der Waals surface area contributed by atoms with Crippen LogP contribution >= 0.6 is 12.4 Å². The summed E-state index contributed by atoms with van der Waals surface area (Å²) in [5, 5.41) is 7.45. The Bertz CT molecular complexity index is 1240. The molecule has 192 valence electrons. The summed E-state index contributed by atoms with van der Waals surface area (Å²) < 4.78 is 6.62. The van der Waals surface area contributed by atoms with Crippen LogP contribution < -0.4 is 21.1 Å².